The molecule has 0 bridgehead atoms. The molecule has 1 saturated heterocycles. The Hall–Kier alpha value is -2.99. The van der Waals surface area contributed by atoms with E-state index in [4.69, 9.17) is 18.9 Å². The van der Waals surface area contributed by atoms with Crippen molar-refractivity contribution in [1.82, 2.24) is 4.90 Å². The predicted octanol–water partition coefficient (Wildman–Crippen LogP) is 3.93. The van der Waals surface area contributed by atoms with E-state index in [0.29, 0.717) is 24.6 Å². The summed E-state index contributed by atoms with van der Waals surface area (Å²) < 4.78 is 21.9. The van der Waals surface area contributed by atoms with Gasteiger partial charge >= 0.3 is 0 Å². The second-order valence-electron chi connectivity index (χ2n) is 7.11. The molecule has 1 amide bonds. The second kappa shape index (κ2) is 10.7. The third kappa shape index (κ3) is 5.54. The van der Waals surface area contributed by atoms with Crippen molar-refractivity contribution in [1.29, 1.82) is 0 Å². The Morgan fingerprint density at radius 2 is 1.90 bits per heavy atom. The lowest BCUT2D eigenvalue weighted by molar-refractivity contribution is -0.128. The average molecular weight is 411 g/mol. The van der Waals surface area contributed by atoms with Crippen molar-refractivity contribution >= 4 is 12.0 Å². The van der Waals surface area contributed by atoms with Crippen LogP contribution in [0.5, 0.6) is 17.2 Å². The Morgan fingerprint density at radius 1 is 1.10 bits per heavy atom. The average Bonchev–Trinajstić information content (AvgIpc) is 3.30. The molecule has 1 atom stereocenters. The summed E-state index contributed by atoms with van der Waals surface area (Å²) in [5.74, 6) is 2.03. The van der Waals surface area contributed by atoms with E-state index >= 15 is 0 Å². The molecule has 1 aliphatic heterocycles. The van der Waals surface area contributed by atoms with Gasteiger partial charge in [0.1, 0.15) is 17.2 Å². The first kappa shape index (κ1) is 21.7. The minimum atomic E-state index is -0.0886. The predicted molar refractivity (Wildman–Crippen MR) is 116 cm³/mol. The van der Waals surface area contributed by atoms with Gasteiger partial charge in [-0.05, 0) is 37.1 Å². The molecule has 3 rings (SSSR count). The van der Waals surface area contributed by atoms with Gasteiger partial charge in [0, 0.05) is 43.0 Å². The molecule has 6 heteroatoms. The summed E-state index contributed by atoms with van der Waals surface area (Å²) in [6.07, 6.45) is 5.40. The molecule has 1 heterocycles. The smallest absolute Gasteiger partial charge is 0.246 e. The lowest BCUT2D eigenvalue weighted by atomic mass is 10.1. The molecular weight excluding hydrogens is 382 g/mol. The standard InChI is InChI=1S/C24H29NO5/c1-27-20-12-10-18(23(15-20)29-3)11-13-24(26)25(17-21-8-6-14-30-21)16-19-7-4-5-9-22(19)28-2/h4-5,7,9-13,15,21H,6,8,14,16-17H2,1-3H3/b13-11+. The molecule has 6 nitrogen and oxygen atoms in total. The zero-order valence-corrected chi connectivity index (χ0v) is 17.8. The largest absolute Gasteiger partial charge is 0.497 e. The number of carbonyl (C=O) groups is 1. The highest BCUT2D eigenvalue weighted by Crippen LogP contribution is 2.26. The monoisotopic (exact) mass is 411 g/mol. The van der Waals surface area contributed by atoms with Crippen molar-refractivity contribution in [3.63, 3.8) is 0 Å². The van der Waals surface area contributed by atoms with Gasteiger partial charge in [0.15, 0.2) is 0 Å². The Kier molecular flexibility index (Phi) is 7.74. The zero-order chi connectivity index (χ0) is 21.3. The topological polar surface area (TPSA) is 57.2 Å². The molecule has 0 saturated carbocycles. The van der Waals surface area contributed by atoms with Crippen LogP contribution in [-0.2, 0) is 16.1 Å². The Labute approximate surface area is 178 Å². The molecule has 0 radical (unpaired) electrons. The van der Waals surface area contributed by atoms with Gasteiger partial charge in [0.05, 0.1) is 27.4 Å². The van der Waals surface area contributed by atoms with Gasteiger partial charge in [-0.25, -0.2) is 0 Å². The molecular formula is C24H29NO5. The van der Waals surface area contributed by atoms with Crippen LogP contribution in [0.15, 0.2) is 48.5 Å². The molecule has 160 valence electrons. The van der Waals surface area contributed by atoms with Crippen LogP contribution < -0.4 is 14.2 Å². The summed E-state index contributed by atoms with van der Waals surface area (Å²) in [6.45, 7) is 1.74. The molecule has 0 aliphatic carbocycles. The van der Waals surface area contributed by atoms with Crippen molar-refractivity contribution in [2.24, 2.45) is 0 Å². The number of methoxy groups -OCH3 is 3. The van der Waals surface area contributed by atoms with Gasteiger partial charge in [0.2, 0.25) is 5.91 Å². The van der Waals surface area contributed by atoms with E-state index in [0.717, 1.165) is 36.3 Å². The number of hydrogen-bond acceptors (Lipinski definition) is 5. The minimum Gasteiger partial charge on any atom is -0.497 e. The maximum atomic E-state index is 13.1. The number of benzene rings is 2. The van der Waals surface area contributed by atoms with Crippen LogP contribution in [0.2, 0.25) is 0 Å². The SMILES string of the molecule is COc1ccc(/C=C/C(=O)N(Cc2ccccc2OC)CC2CCCO2)c(OC)c1. The first-order valence-electron chi connectivity index (χ1n) is 10.1. The summed E-state index contributed by atoms with van der Waals surface area (Å²) in [7, 11) is 4.84. The van der Waals surface area contributed by atoms with Gasteiger partial charge in [-0.15, -0.1) is 0 Å². The Morgan fingerprint density at radius 3 is 2.60 bits per heavy atom. The molecule has 1 fully saturated rings. The number of nitrogens with zero attached hydrogens (tertiary/aromatic N) is 1. The molecule has 0 spiro atoms. The number of hydrogen-bond donors (Lipinski definition) is 0. The number of amides is 1. The highest BCUT2D eigenvalue weighted by molar-refractivity contribution is 5.92. The highest BCUT2D eigenvalue weighted by atomic mass is 16.5. The Balaban J connectivity index is 1.80. The van der Waals surface area contributed by atoms with Crippen molar-refractivity contribution in [3.05, 3.63) is 59.7 Å². The van der Waals surface area contributed by atoms with Gasteiger partial charge in [-0.2, -0.15) is 0 Å². The van der Waals surface area contributed by atoms with E-state index in [1.165, 1.54) is 0 Å². The third-order valence-electron chi connectivity index (χ3n) is 5.16. The first-order chi connectivity index (χ1) is 14.6. The van der Waals surface area contributed by atoms with Crippen molar-refractivity contribution < 1.29 is 23.7 Å². The van der Waals surface area contributed by atoms with E-state index in [1.54, 1.807) is 44.4 Å². The van der Waals surface area contributed by atoms with Gasteiger partial charge < -0.3 is 23.8 Å². The van der Waals surface area contributed by atoms with Crippen molar-refractivity contribution in [2.75, 3.05) is 34.5 Å². The molecule has 1 unspecified atom stereocenters. The van der Waals surface area contributed by atoms with E-state index in [2.05, 4.69) is 0 Å². The summed E-state index contributed by atoms with van der Waals surface area (Å²) in [4.78, 5) is 14.9. The molecule has 1 aliphatic rings. The fraction of sp³-hybridized carbons (Fsp3) is 0.375. The molecule has 0 aromatic heterocycles. The number of rotatable bonds is 9. The fourth-order valence-corrected chi connectivity index (χ4v) is 3.53. The second-order valence-corrected chi connectivity index (χ2v) is 7.11. The van der Waals surface area contributed by atoms with Gasteiger partial charge in [-0.1, -0.05) is 18.2 Å². The van der Waals surface area contributed by atoms with Crippen LogP contribution in [0.4, 0.5) is 0 Å². The lowest BCUT2D eigenvalue weighted by Crippen LogP contribution is -2.36. The van der Waals surface area contributed by atoms with Crippen LogP contribution >= 0.6 is 0 Å². The van der Waals surface area contributed by atoms with Crippen molar-refractivity contribution in [3.8, 4) is 17.2 Å². The molecule has 2 aromatic rings. The van der Waals surface area contributed by atoms with Crippen LogP contribution in [0.25, 0.3) is 6.08 Å². The number of carbonyl (C=O) groups excluding carboxylic acids is 1. The van der Waals surface area contributed by atoms with E-state index in [-0.39, 0.29) is 12.0 Å². The van der Waals surface area contributed by atoms with Gasteiger partial charge in [0.25, 0.3) is 0 Å². The van der Waals surface area contributed by atoms with E-state index in [9.17, 15) is 4.79 Å². The molecule has 0 N–H and O–H groups in total. The van der Waals surface area contributed by atoms with Crippen LogP contribution in [0.3, 0.4) is 0 Å². The maximum absolute atomic E-state index is 13.1. The van der Waals surface area contributed by atoms with Crippen LogP contribution in [0, 0.1) is 0 Å². The number of para-hydroxylation sites is 1. The maximum Gasteiger partial charge on any atom is 0.246 e. The normalized spacial score (nSPS) is 15.9. The van der Waals surface area contributed by atoms with Crippen LogP contribution in [0.1, 0.15) is 24.0 Å². The lowest BCUT2D eigenvalue weighted by Gasteiger charge is -2.25. The minimum absolute atomic E-state index is 0.0626. The summed E-state index contributed by atoms with van der Waals surface area (Å²) in [6, 6.07) is 13.3. The first-order valence-corrected chi connectivity index (χ1v) is 10.1. The summed E-state index contributed by atoms with van der Waals surface area (Å²) in [5, 5.41) is 0. The van der Waals surface area contributed by atoms with Crippen LogP contribution in [-0.4, -0.2) is 51.4 Å². The van der Waals surface area contributed by atoms with E-state index in [1.807, 2.05) is 36.4 Å². The summed E-state index contributed by atoms with van der Waals surface area (Å²) >= 11 is 0. The molecule has 30 heavy (non-hydrogen) atoms. The van der Waals surface area contributed by atoms with Gasteiger partial charge in [-0.3, -0.25) is 4.79 Å². The third-order valence-corrected chi connectivity index (χ3v) is 5.16. The highest BCUT2D eigenvalue weighted by Gasteiger charge is 2.22. The number of ether oxygens (including phenoxy) is 4. The fourth-order valence-electron chi connectivity index (χ4n) is 3.53. The summed E-state index contributed by atoms with van der Waals surface area (Å²) in [5.41, 5.74) is 1.77. The quantitative estimate of drug-likeness (QED) is 0.585. The van der Waals surface area contributed by atoms with E-state index < -0.39 is 0 Å². The van der Waals surface area contributed by atoms with Crippen molar-refractivity contribution in [2.45, 2.75) is 25.5 Å². The zero-order valence-electron chi connectivity index (χ0n) is 17.8. The molecule has 2 aromatic carbocycles. The Bertz CT molecular complexity index is 874.